The molecule has 1 saturated carbocycles. The summed E-state index contributed by atoms with van der Waals surface area (Å²) in [6.07, 6.45) is 17.7. The Morgan fingerprint density at radius 3 is 2.12 bits per heavy atom. The van der Waals surface area contributed by atoms with Crippen LogP contribution in [-0.4, -0.2) is 16.7 Å². The summed E-state index contributed by atoms with van der Waals surface area (Å²) < 4.78 is 0. The highest BCUT2D eigenvalue weighted by molar-refractivity contribution is 8.00. The lowest BCUT2D eigenvalue weighted by Crippen LogP contribution is -2.34. The number of thioether (sulfide) groups is 1. The van der Waals surface area contributed by atoms with E-state index in [2.05, 4.69) is 25.2 Å². The van der Waals surface area contributed by atoms with E-state index in [1.165, 1.54) is 83.5 Å². The van der Waals surface area contributed by atoms with Gasteiger partial charge in [-0.15, -0.1) is 11.8 Å². The van der Waals surface area contributed by atoms with Gasteiger partial charge in [-0.25, -0.2) is 0 Å². The molecule has 0 aromatic rings. The summed E-state index contributed by atoms with van der Waals surface area (Å²) in [5.41, 5.74) is 0. The number of fused-ring (bicyclic) bond motifs is 3. The molecule has 24 heavy (non-hydrogen) atoms. The molecule has 0 aromatic heterocycles. The molecule has 4 atom stereocenters. The first-order chi connectivity index (χ1) is 11.7. The Morgan fingerprint density at radius 2 is 1.46 bits per heavy atom. The van der Waals surface area contributed by atoms with Gasteiger partial charge < -0.3 is 0 Å². The number of nitrogens with zero attached hydrogens (tertiary/aromatic N) is 1. The molecule has 1 heterocycles. The van der Waals surface area contributed by atoms with Crippen LogP contribution in [0.2, 0.25) is 0 Å². The molecule has 3 heteroatoms. The fraction of sp³-hybridized carbons (Fsp3) is 0.952. The van der Waals surface area contributed by atoms with Crippen molar-refractivity contribution < 1.29 is 0 Å². The summed E-state index contributed by atoms with van der Waals surface area (Å²) >= 11 is 1.90. The van der Waals surface area contributed by atoms with Crippen molar-refractivity contribution in [2.75, 3.05) is 0 Å². The van der Waals surface area contributed by atoms with E-state index in [9.17, 15) is 5.26 Å². The zero-order valence-corrected chi connectivity index (χ0v) is 16.8. The first kappa shape index (κ1) is 20.1. The quantitative estimate of drug-likeness (QED) is 0.605. The third kappa shape index (κ3) is 7.36. The van der Waals surface area contributed by atoms with Gasteiger partial charge in [-0.1, -0.05) is 71.6 Å². The number of hydrogen-bond acceptors (Lipinski definition) is 3. The summed E-state index contributed by atoms with van der Waals surface area (Å²) in [4.78, 5) is 0. The van der Waals surface area contributed by atoms with Crippen molar-refractivity contribution >= 4 is 11.8 Å². The molecule has 2 nitrogen and oxygen atoms in total. The Kier molecular flexibility index (Phi) is 9.57. The van der Waals surface area contributed by atoms with Crippen LogP contribution < -0.4 is 5.32 Å². The molecule has 0 aromatic carbocycles. The van der Waals surface area contributed by atoms with Gasteiger partial charge in [0, 0.05) is 11.3 Å². The smallest absolute Gasteiger partial charge is 0.142 e. The van der Waals surface area contributed by atoms with E-state index in [1.807, 2.05) is 11.8 Å². The molecule has 4 unspecified atom stereocenters. The van der Waals surface area contributed by atoms with Gasteiger partial charge >= 0.3 is 0 Å². The number of hydrogen-bond donors (Lipinski definition) is 1. The Labute approximate surface area is 154 Å². The van der Waals surface area contributed by atoms with Gasteiger partial charge in [-0.05, 0) is 37.5 Å². The predicted octanol–water partition coefficient (Wildman–Crippen LogP) is 6.27. The predicted molar refractivity (Wildman–Crippen MR) is 106 cm³/mol. The molecule has 0 radical (unpaired) electrons. The van der Waals surface area contributed by atoms with Gasteiger partial charge in [-0.2, -0.15) is 5.26 Å². The molecule has 2 rings (SSSR count). The maximum absolute atomic E-state index is 9.43. The highest BCUT2D eigenvalue weighted by Gasteiger charge is 2.25. The van der Waals surface area contributed by atoms with Crippen molar-refractivity contribution in [1.82, 2.24) is 5.32 Å². The van der Waals surface area contributed by atoms with Gasteiger partial charge in [0.15, 0.2) is 0 Å². The molecule has 1 aliphatic carbocycles. The molecule has 138 valence electrons. The fourth-order valence-electron chi connectivity index (χ4n) is 4.41. The molecular formula is C21H38N2S. The molecular weight excluding hydrogens is 312 g/mol. The first-order valence-electron chi connectivity index (χ1n) is 10.5. The molecule has 1 aliphatic heterocycles. The lowest BCUT2D eigenvalue weighted by atomic mass is 9.85. The second-order valence-corrected chi connectivity index (χ2v) is 9.75. The molecule has 2 aliphatic rings. The molecule has 2 fully saturated rings. The largest absolute Gasteiger partial charge is 0.291 e. The molecule has 0 spiro atoms. The Balaban J connectivity index is 1.88. The van der Waals surface area contributed by atoms with Crippen molar-refractivity contribution in [3.63, 3.8) is 0 Å². The lowest BCUT2D eigenvalue weighted by molar-refractivity contribution is 0.310. The van der Waals surface area contributed by atoms with Crippen LogP contribution >= 0.6 is 11.8 Å². The fourth-order valence-corrected chi connectivity index (χ4v) is 5.70. The zero-order valence-electron chi connectivity index (χ0n) is 15.9. The first-order valence-corrected chi connectivity index (χ1v) is 11.4. The second-order valence-electron chi connectivity index (χ2n) is 8.34. The van der Waals surface area contributed by atoms with Crippen molar-refractivity contribution in [2.45, 2.75) is 114 Å². The third-order valence-electron chi connectivity index (χ3n) is 6.09. The molecule has 1 N–H and O–H groups in total. The van der Waals surface area contributed by atoms with E-state index in [0.29, 0.717) is 11.3 Å². The van der Waals surface area contributed by atoms with E-state index < -0.39 is 0 Å². The maximum atomic E-state index is 9.43. The van der Waals surface area contributed by atoms with Gasteiger partial charge in [-0.3, -0.25) is 5.32 Å². The number of nitrogens with one attached hydrogen (secondary N) is 1. The molecule has 1 saturated heterocycles. The van der Waals surface area contributed by atoms with Crippen LogP contribution in [0.5, 0.6) is 0 Å². The summed E-state index contributed by atoms with van der Waals surface area (Å²) in [6.45, 7) is 4.82. The Morgan fingerprint density at radius 1 is 0.833 bits per heavy atom. The minimum Gasteiger partial charge on any atom is -0.291 e. The number of nitriles is 1. The van der Waals surface area contributed by atoms with Crippen molar-refractivity contribution in [2.24, 2.45) is 11.8 Å². The van der Waals surface area contributed by atoms with E-state index in [4.69, 9.17) is 0 Å². The van der Waals surface area contributed by atoms with Gasteiger partial charge in [0.05, 0.1) is 6.07 Å². The average molecular weight is 351 g/mol. The van der Waals surface area contributed by atoms with E-state index in [1.54, 1.807) is 0 Å². The maximum Gasteiger partial charge on any atom is 0.142 e. The summed E-state index contributed by atoms with van der Waals surface area (Å²) in [7, 11) is 0. The average Bonchev–Trinajstić information content (AvgIpc) is 2.76. The van der Waals surface area contributed by atoms with Crippen LogP contribution in [0.4, 0.5) is 0 Å². The van der Waals surface area contributed by atoms with Crippen LogP contribution in [0.1, 0.15) is 97.3 Å². The summed E-state index contributed by atoms with van der Waals surface area (Å²) in [5, 5.41) is 13.8. The van der Waals surface area contributed by atoms with Crippen molar-refractivity contribution in [3.8, 4) is 6.07 Å². The normalized spacial score (nSPS) is 34.6. The standard InChI is InChI=1S/C21H38N2S/c1-17(2)18-10-6-3-4-9-13-20-15-14-19(12-8-5-7-11-18)23-21(16-22)24-20/h17-21,23H,3-15H2,1-2H3. The van der Waals surface area contributed by atoms with Gasteiger partial charge in [0.1, 0.15) is 5.37 Å². The zero-order chi connectivity index (χ0) is 17.2. The van der Waals surface area contributed by atoms with Crippen LogP contribution in [0.15, 0.2) is 0 Å². The molecule has 2 bridgehead atoms. The lowest BCUT2D eigenvalue weighted by Gasteiger charge is -2.21. The Bertz CT molecular complexity index is 377. The highest BCUT2D eigenvalue weighted by Crippen LogP contribution is 2.31. The van der Waals surface area contributed by atoms with Crippen LogP contribution in [0, 0.1) is 23.2 Å². The minimum atomic E-state index is 0.0171. The van der Waals surface area contributed by atoms with Gasteiger partial charge in [0.25, 0.3) is 0 Å². The number of rotatable bonds is 1. The van der Waals surface area contributed by atoms with Crippen LogP contribution in [0.25, 0.3) is 0 Å². The molecule has 0 amide bonds. The van der Waals surface area contributed by atoms with E-state index >= 15 is 0 Å². The third-order valence-corrected chi connectivity index (χ3v) is 7.46. The highest BCUT2D eigenvalue weighted by atomic mass is 32.2. The second kappa shape index (κ2) is 11.4. The topological polar surface area (TPSA) is 35.8 Å². The summed E-state index contributed by atoms with van der Waals surface area (Å²) in [6, 6.07) is 3.06. The van der Waals surface area contributed by atoms with Gasteiger partial charge in [0.2, 0.25) is 0 Å². The van der Waals surface area contributed by atoms with Crippen LogP contribution in [-0.2, 0) is 0 Å². The summed E-state index contributed by atoms with van der Waals surface area (Å²) in [5.74, 6) is 1.78. The van der Waals surface area contributed by atoms with Crippen LogP contribution in [0.3, 0.4) is 0 Å². The monoisotopic (exact) mass is 350 g/mol. The van der Waals surface area contributed by atoms with Crippen molar-refractivity contribution in [3.05, 3.63) is 0 Å². The Hall–Kier alpha value is -0.200. The van der Waals surface area contributed by atoms with E-state index in [0.717, 1.165) is 11.8 Å². The SMILES string of the molecule is CC(C)C1CCCCCCC2CCC(CCCCC1)NC(C#N)S2. The minimum absolute atomic E-state index is 0.0171. The van der Waals surface area contributed by atoms with E-state index in [-0.39, 0.29) is 5.37 Å². The van der Waals surface area contributed by atoms with Crippen molar-refractivity contribution in [1.29, 1.82) is 5.26 Å².